The van der Waals surface area contributed by atoms with Gasteiger partial charge in [0.1, 0.15) is 0 Å². The molecule has 94 valence electrons. The minimum absolute atomic E-state index is 0.0939. The van der Waals surface area contributed by atoms with Crippen LogP contribution in [0, 0.1) is 0 Å². The standard InChI is InChI=1S/C12H16Cl2N2O/c1-3-16(12(17)8(2)15)7-9-6-10(13)4-5-11(9)14/h4-6,8H,3,7,15H2,1-2H3/t8-/m0/s1. The highest BCUT2D eigenvalue weighted by Crippen LogP contribution is 2.22. The summed E-state index contributed by atoms with van der Waals surface area (Å²) in [5.74, 6) is -0.0939. The Bertz CT molecular complexity index is 407. The van der Waals surface area contributed by atoms with Gasteiger partial charge in [-0.2, -0.15) is 0 Å². The Balaban J connectivity index is 2.87. The van der Waals surface area contributed by atoms with Crippen LogP contribution in [-0.2, 0) is 11.3 Å². The lowest BCUT2D eigenvalue weighted by Gasteiger charge is -2.23. The molecule has 2 N–H and O–H groups in total. The molecule has 0 heterocycles. The molecule has 1 atom stereocenters. The molecule has 0 aliphatic carbocycles. The lowest BCUT2D eigenvalue weighted by molar-refractivity contribution is -0.132. The van der Waals surface area contributed by atoms with E-state index in [1.54, 1.807) is 30.0 Å². The maximum atomic E-state index is 11.8. The maximum absolute atomic E-state index is 11.8. The van der Waals surface area contributed by atoms with Crippen LogP contribution in [0.15, 0.2) is 18.2 Å². The van der Waals surface area contributed by atoms with Crippen LogP contribution in [0.4, 0.5) is 0 Å². The molecule has 0 spiro atoms. The van der Waals surface area contributed by atoms with Crippen LogP contribution in [-0.4, -0.2) is 23.4 Å². The summed E-state index contributed by atoms with van der Waals surface area (Å²) in [5.41, 5.74) is 6.41. The Morgan fingerprint density at radius 2 is 2.12 bits per heavy atom. The van der Waals surface area contributed by atoms with Crippen molar-refractivity contribution in [2.24, 2.45) is 5.73 Å². The van der Waals surface area contributed by atoms with Gasteiger partial charge in [-0.3, -0.25) is 4.79 Å². The molecule has 0 saturated carbocycles. The molecular formula is C12H16Cl2N2O. The Hall–Kier alpha value is -0.770. The first-order valence-electron chi connectivity index (χ1n) is 5.44. The predicted octanol–water partition coefficient (Wildman–Crippen LogP) is 2.69. The summed E-state index contributed by atoms with van der Waals surface area (Å²) in [7, 11) is 0. The summed E-state index contributed by atoms with van der Waals surface area (Å²) < 4.78 is 0. The van der Waals surface area contributed by atoms with E-state index in [4.69, 9.17) is 28.9 Å². The number of hydrogen-bond donors (Lipinski definition) is 1. The highest BCUT2D eigenvalue weighted by Gasteiger charge is 2.17. The molecule has 5 heteroatoms. The molecule has 17 heavy (non-hydrogen) atoms. The molecule has 1 rings (SSSR count). The second-order valence-electron chi connectivity index (χ2n) is 3.88. The molecular weight excluding hydrogens is 259 g/mol. The van der Waals surface area contributed by atoms with E-state index in [-0.39, 0.29) is 5.91 Å². The Morgan fingerprint density at radius 3 is 2.65 bits per heavy atom. The van der Waals surface area contributed by atoms with Gasteiger partial charge in [0, 0.05) is 23.1 Å². The summed E-state index contributed by atoms with van der Waals surface area (Å²) in [6, 6.07) is 4.70. The number of hydrogen-bond acceptors (Lipinski definition) is 2. The first kappa shape index (κ1) is 14.3. The third kappa shape index (κ3) is 3.87. The van der Waals surface area contributed by atoms with Crippen LogP contribution in [0.25, 0.3) is 0 Å². The molecule has 0 radical (unpaired) electrons. The maximum Gasteiger partial charge on any atom is 0.239 e. The molecule has 0 bridgehead atoms. The average molecular weight is 275 g/mol. The van der Waals surface area contributed by atoms with E-state index >= 15 is 0 Å². The minimum atomic E-state index is -0.507. The van der Waals surface area contributed by atoms with Gasteiger partial charge in [-0.05, 0) is 37.6 Å². The minimum Gasteiger partial charge on any atom is -0.337 e. The molecule has 0 saturated heterocycles. The zero-order chi connectivity index (χ0) is 13.0. The highest BCUT2D eigenvalue weighted by molar-refractivity contribution is 6.33. The second kappa shape index (κ2) is 6.24. The fourth-order valence-corrected chi connectivity index (χ4v) is 1.88. The highest BCUT2D eigenvalue weighted by atomic mass is 35.5. The summed E-state index contributed by atoms with van der Waals surface area (Å²) in [6.45, 7) is 4.59. The second-order valence-corrected chi connectivity index (χ2v) is 4.72. The average Bonchev–Trinajstić information content (AvgIpc) is 2.29. The topological polar surface area (TPSA) is 46.3 Å². The van der Waals surface area contributed by atoms with Crippen LogP contribution >= 0.6 is 23.2 Å². The largest absolute Gasteiger partial charge is 0.337 e. The van der Waals surface area contributed by atoms with Gasteiger partial charge in [-0.25, -0.2) is 0 Å². The SMILES string of the molecule is CCN(Cc1cc(Cl)ccc1Cl)C(=O)[C@H](C)N. The summed E-state index contributed by atoms with van der Waals surface area (Å²) in [6.07, 6.45) is 0. The van der Waals surface area contributed by atoms with Gasteiger partial charge in [0.25, 0.3) is 0 Å². The molecule has 0 unspecified atom stereocenters. The van der Waals surface area contributed by atoms with E-state index in [1.165, 1.54) is 0 Å². The van der Waals surface area contributed by atoms with Crippen LogP contribution in [0.5, 0.6) is 0 Å². The van der Waals surface area contributed by atoms with Gasteiger partial charge in [0.15, 0.2) is 0 Å². The predicted molar refractivity (Wildman–Crippen MR) is 71.2 cm³/mol. The van der Waals surface area contributed by atoms with Crippen molar-refractivity contribution in [3.8, 4) is 0 Å². The first-order valence-corrected chi connectivity index (χ1v) is 6.19. The molecule has 0 aliphatic heterocycles. The van der Waals surface area contributed by atoms with E-state index in [2.05, 4.69) is 0 Å². The van der Waals surface area contributed by atoms with E-state index < -0.39 is 6.04 Å². The van der Waals surface area contributed by atoms with Gasteiger partial charge in [-0.1, -0.05) is 23.2 Å². The number of likely N-dealkylation sites (N-methyl/N-ethyl adjacent to an activating group) is 1. The quantitative estimate of drug-likeness (QED) is 0.918. The van der Waals surface area contributed by atoms with Crippen molar-refractivity contribution in [2.45, 2.75) is 26.4 Å². The number of nitrogens with two attached hydrogens (primary N) is 1. The summed E-state index contributed by atoms with van der Waals surface area (Å²) >= 11 is 12.0. The van der Waals surface area contributed by atoms with Gasteiger partial charge in [0.2, 0.25) is 5.91 Å². The molecule has 1 aromatic carbocycles. The lowest BCUT2D eigenvalue weighted by Crippen LogP contribution is -2.41. The Labute approximate surface area is 111 Å². The van der Waals surface area contributed by atoms with Gasteiger partial charge >= 0.3 is 0 Å². The molecule has 0 fully saturated rings. The third-order valence-electron chi connectivity index (χ3n) is 2.45. The fraction of sp³-hybridized carbons (Fsp3) is 0.417. The van der Waals surface area contributed by atoms with Crippen molar-refractivity contribution in [1.82, 2.24) is 4.90 Å². The summed E-state index contributed by atoms with van der Waals surface area (Å²) in [4.78, 5) is 13.5. The van der Waals surface area contributed by atoms with Crippen molar-refractivity contribution >= 4 is 29.1 Å². The monoisotopic (exact) mass is 274 g/mol. The summed E-state index contributed by atoms with van der Waals surface area (Å²) in [5, 5.41) is 1.21. The zero-order valence-electron chi connectivity index (χ0n) is 9.91. The number of carbonyl (C=O) groups is 1. The first-order chi connectivity index (χ1) is 7.95. The molecule has 1 amide bonds. The van der Waals surface area contributed by atoms with E-state index in [0.29, 0.717) is 23.1 Å². The van der Waals surface area contributed by atoms with Crippen molar-refractivity contribution < 1.29 is 4.79 Å². The van der Waals surface area contributed by atoms with Gasteiger partial charge in [-0.15, -0.1) is 0 Å². The number of benzene rings is 1. The lowest BCUT2D eigenvalue weighted by atomic mass is 10.2. The molecule has 1 aromatic rings. The van der Waals surface area contributed by atoms with E-state index in [9.17, 15) is 4.79 Å². The van der Waals surface area contributed by atoms with Crippen LogP contribution in [0.2, 0.25) is 10.0 Å². The number of amides is 1. The molecule has 3 nitrogen and oxygen atoms in total. The van der Waals surface area contributed by atoms with Crippen molar-refractivity contribution in [3.63, 3.8) is 0 Å². The third-order valence-corrected chi connectivity index (χ3v) is 3.06. The number of carbonyl (C=O) groups excluding carboxylic acids is 1. The van der Waals surface area contributed by atoms with Gasteiger partial charge in [0.05, 0.1) is 6.04 Å². The van der Waals surface area contributed by atoms with Crippen LogP contribution in [0.3, 0.4) is 0 Å². The van der Waals surface area contributed by atoms with Crippen LogP contribution < -0.4 is 5.73 Å². The number of nitrogens with zero attached hydrogens (tertiary/aromatic N) is 1. The van der Waals surface area contributed by atoms with Crippen LogP contribution in [0.1, 0.15) is 19.4 Å². The van der Waals surface area contributed by atoms with Crippen molar-refractivity contribution in [1.29, 1.82) is 0 Å². The smallest absolute Gasteiger partial charge is 0.239 e. The van der Waals surface area contributed by atoms with Gasteiger partial charge < -0.3 is 10.6 Å². The molecule has 0 aromatic heterocycles. The van der Waals surface area contributed by atoms with Crippen molar-refractivity contribution in [3.05, 3.63) is 33.8 Å². The normalized spacial score (nSPS) is 12.3. The van der Waals surface area contributed by atoms with E-state index in [0.717, 1.165) is 5.56 Å². The van der Waals surface area contributed by atoms with Crippen molar-refractivity contribution in [2.75, 3.05) is 6.54 Å². The molecule has 0 aliphatic rings. The fourth-order valence-electron chi connectivity index (χ4n) is 1.50. The number of rotatable bonds is 4. The zero-order valence-corrected chi connectivity index (χ0v) is 11.4. The number of halogens is 2. The Morgan fingerprint density at radius 1 is 1.47 bits per heavy atom. The van der Waals surface area contributed by atoms with E-state index in [1.807, 2.05) is 6.92 Å². The Kier molecular flexibility index (Phi) is 5.25.